The number of carbonyl (C=O) groups is 3. The third-order valence-electron chi connectivity index (χ3n) is 8.20. The Hall–Kier alpha value is -3.42. The number of aromatic nitrogens is 1. The van der Waals surface area contributed by atoms with E-state index in [1.165, 1.54) is 0 Å². The molecule has 8 heteroatoms. The first-order valence-electron chi connectivity index (χ1n) is 13.6. The molecule has 3 fully saturated rings. The molecule has 8 nitrogen and oxygen atoms in total. The van der Waals surface area contributed by atoms with Gasteiger partial charge in [0, 0.05) is 53.1 Å². The molecule has 2 bridgehead atoms. The average molecular weight is 504 g/mol. The Morgan fingerprint density at radius 2 is 1.78 bits per heavy atom. The maximum Gasteiger partial charge on any atom is 0.251 e. The van der Waals surface area contributed by atoms with E-state index in [2.05, 4.69) is 27.4 Å². The van der Waals surface area contributed by atoms with Gasteiger partial charge in [-0.2, -0.15) is 0 Å². The number of anilines is 2. The zero-order valence-corrected chi connectivity index (χ0v) is 21.9. The van der Waals surface area contributed by atoms with E-state index in [0.717, 1.165) is 56.3 Å². The van der Waals surface area contributed by atoms with E-state index in [4.69, 9.17) is 5.73 Å². The van der Waals surface area contributed by atoms with Crippen LogP contribution in [-0.4, -0.2) is 46.7 Å². The zero-order chi connectivity index (χ0) is 26.3. The van der Waals surface area contributed by atoms with Crippen molar-refractivity contribution in [2.75, 3.05) is 10.2 Å². The van der Waals surface area contributed by atoms with Crippen molar-refractivity contribution >= 4 is 29.1 Å². The Morgan fingerprint density at radius 3 is 2.35 bits per heavy atom. The summed E-state index contributed by atoms with van der Waals surface area (Å²) in [6.45, 7) is 5.92. The highest BCUT2D eigenvalue weighted by molar-refractivity contribution is 6.03. The minimum atomic E-state index is -0.511. The van der Waals surface area contributed by atoms with Crippen LogP contribution in [0.2, 0.25) is 0 Å². The fraction of sp³-hybridized carbons (Fsp3) is 0.517. The van der Waals surface area contributed by atoms with Crippen LogP contribution in [0.1, 0.15) is 95.4 Å². The molecule has 2 saturated heterocycles. The van der Waals surface area contributed by atoms with Crippen LogP contribution < -0.4 is 21.3 Å². The molecule has 1 aromatic heterocycles. The Labute approximate surface area is 218 Å². The Morgan fingerprint density at radius 1 is 1.08 bits per heavy atom. The van der Waals surface area contributed by atoms with Crippen LogP contribution in [0, 0.1) is 12.8 Å². The number of aryl methyl sites for hydroxylation is 1. The lowest BCUT2D eigenvalue weighted by Crippen LogP contribution is -2.50. The van der Waals surface area contributed by atoms with Crippen molar-refractivity contribution in [1.82, 2.24) is 10.3 Å². The number of primary amides is 1. The largest absolute Gasteiger partial charge is 0.382 e. The Bertz CT molecular complexity index is 1190. The number of pyridine rings is 1. The summed E-state index contributed by atoms with van der Waals surface area (Å²) in [4.78, 5) is 44.7. The van der Waals surface area contributed by atoms with Gasteiger partial charge in [0.25, 0.3) is 11.8 Å². The zero-order valence-electron chi connectivity index (χ0n) is 21.9. The van der Waals surface area contributed by atoms with Gasteiger partial charge in [0.05, 0.1) is 5.56 Å². The third kappa shape index (κ3) is 5.20. The van der Waals surface area contributed by atoms with Gasteiger partial charge in [-0.05, 0) is 88.6 Å². The summed E-state index contributed by atoms with van der Waals surface area (Å²) in [7, 11) is 0. The van der Waals surface area contributed by atoms with Crippen molar-refractivity contribution < 1.29 is 14.4 Å². The van der Waals surface area contributed by atoms with Gasteiger partial charge in [0.2, 0.25) is 0 Å². The van der Waals surface area contributed by atoms with Crippen molar-refractivity contribution in [3.8, 4) is 0 Å². The van der Waals surface area contributed by atoms with Crippen LogP contribution in [0.25, 0.3) is 0 Å². The topological polar surface area (TPSA) is 117 Å². The minimum Gasteiger partial charge on any atom is -0.382 e. The lowest BCUT2D eigenvalue weighted by atomic mass is 9.95. The fourth-order valence-corrected chi connectivity index (χ4v) is 5.84. The van der Waals surface area contributed by atoms with Crippen LogP contribution in [0.4, 0.5) is 11.5 Å². The van der Waals surface area contributed by atoms with Gasteiger partial charge in [0.1, 0.15) is 5.82 Å². The van der Waals surface area contributed by atoms with Crippen molar-refractivity contribution in [3.05, 3.63) is 52.7 Å². The molecule has 1 aromatic carbocycles. The summed E-state index contributed by atoms with van der Waals surface area (Å²) < 4.78 is 0. The van der Waals surface area contributed by atoms with E-state index in [1.807, 2.05) is 26.0 Å². The number of rotatable bonds is 9. The molecule has 1 aliphatic carbocycles. The molecule has 3 atom stereocenters. The van der Waals surface area contributed by atoms with Crippen LogP contribution in [0.15, 0.2) is 30.5 Å². The molecule has 1 saturated carbocycles. The summed E-state index contributed by atoms with van der Waals surface area (Å²) in [6.07, 6.45) is 8.43. The van der Waals surface area contributed by atoms with Crippen molar-refractivity contribution in [2.24, 2.45) is 11.7 Å². The van der Waals surface area contributed by atoms with E-state index in [9.17, 15) is 14.4 Å². The molecule has 2 amide bonds. The first-order valence-corrected chi connectivity index (χ1v) is 13.6. The lowest BCUT2D eigenvalue weighted by molar-refractivity contribution is 0.0923. The molecule has 3 aliphatic rings. The van der Waals surface area contributed by atoms with E-state index in [-0.39, 0.29) is 29.7 Å². The van der Waals surface area contributed by atoms with Gasteiger partial charge >= 0.3 is 0 Å². The molecule has 196 valence electrons. The first-order chi connectivity index (χ1) is 17.7. The van der Waals surface area contributed by atoms with Gasteiger partial charge in [0.15, 0.2) is 5.78 Å². The van der Waals surface area contributed by atoms with E-state index in [0.29, 0.717) is 34.5 Å². The second-order valence-electron chi connectivity index (χ2n) is 11.0. The summed E-state index contributed by atoms with van der Waals surface area (Å²) in [5.41, 5.74) is 8.60. The highest BCUT2D eigenvalue weighted by atomic mass is 16.2. The van der Waals surface area contributed by atoms with E-state index >= 15 is 0 Å². The summed E-state index contributed by atoms with van der Waals surface area (Å²) >= 11 is 0. The van der Waals surface area contributed by atoms with E-state index < -0.39 is 5.91 Å². The number of Topliss-reactive ketones (excluding diaryl/α,β-unsaturated/α-hetero) is 1. The number of carbonyl (C=O) groups excluding carboxylic acids is 3. The van der Waals surface area contributed by atoms with Crippen LogP contribution in [-0.2, 0) is 0 Å². The number of benzene rings is 1. The number of nitrogens with two attached hydrogens (primary N) is 1. The van der Waals surface area contributed by atoms with Crippen molar-refractivity contribution in [2.45, 2.75) is 89.9 Å². The molecule has 0 radical (unpaired) electrons. The molecule has 0 spiro atoms. The lowest BCUT2D eigenvalue weighted by Gasteiger charge is -2.40. The Balaban J connectivity index is 1.27. The molecule has 2 aromatic rings. The minimum absolute atomic E-state index is 0.0677. The molecular weight excluding hydrogens is 466 g/mol. The highest BCUT2D eigenvalue weighted by Crippen LogP contribution is 2.39. The summed E-state index contributed by atoms with van der Waals surface area (Å²) in [5.74, 6) is 0.692. The van der Waals surface area contributed by atoms with Gasteiger partial charge in [-0.1, -0.05) is 6.92 Å². The van der Waals surface area contributed by atoms with Crippen LogP contribution in [0.5, 0.6) is 0 Å². The van der Waals surface area contributed by atoms with Crippen molar-refractivity contribution in [1.29, 1.82) is 0 Å². The number of hydrogen-bond donors (Lipinski definition) is 3. The third-order valence-corrected chi connectivity index (χ3v) is 8.20. The fourth-order valence-electron chi connectivity index (χ4n) is 5.84. The molecule has 2 unspecified atom stereocenters. The second kappa shape index (κ2) is 10.1. The molecule has 3 heterocycles. The maximum absolute atomic E-state index is 13.4. The number of nitrogens with zero attached hydrogens (tertiary/aromatic N) is 2. The molecule has 37 heavy (non-hydrogen) atoms. The normalized spacial score (nSPS) is 23.4. The summed E-state index contributed by atoms with van der Waals surface area (Å²) in [5, 5.41) is 6.58. The highest BCUT2D eigenvalue weighted by Gasteiger charge is 2.42. The molecule has 5 rings (SSSR count). The molecule has 2 aliphatic heterocycles. The van der Waals surface area contributed by atoms with Crippen LogP contribution in [0.3, 0.4) is 0 Å². The maximum atomic E-state index is 13.4. The average Bonchev–Trinajstić information content (AvgIpc) is 3.69. The van der Waals surface area contributed by atoms with Gasteiger partial charge in [-0.25, -0.2) is 4.98 Å². The van der Waals surface area contributed by atoms with Crippen LogP contribution >= 0.6 is 0 Å². The monoisotopic (exact) mass is 503 g/mol. The van der Waals surface area contributed by atoms with Gasteiger partial charge in [-0.3, -0.25) is 14.4 Å². The number of ketones is 1. The quantitative estimate of drug-likeness (QED) is 0.441. The number of hydrogen-bond acceptors (Lipinski definition) is 6. The molecule has 4 N–H and O–H groups in total. The SMILES string of the molecule is CC[C@H](C)Nc1cc(C(=O)NC2CC3CCC(C2)N3c2ccc(C(=O)C3CC3)cn2)c(C)cc1C(N)=O. The van der Waals surface area contributed by atoms with Gasteiger partial charge in [-0.15, -0.1) is 0 Å². The molecular formula is C29H37N5O3. The summed E-state index contributed by atoms with van der Waals surface area (Å²) in [6, 6.07) is 8.19. The number of amides is 2. The number of fused-ring (bicyclic) bond motifs is 2. The van der Waals surface area contributed by atoms with Gasteiger partial charge < -0.3 is 21.3 Å². The standard InChI is InChI=1S/C29H37N5O3/c1-4-17(3)32-25-14-23(16(2)11-24(25)28(30)36)29(37)33-20-12-21-8-9-22(13-20)34(21)26-10-7-19(15-31-26)27(35)18-5-6-18/h7,10-11,14-15,17-18,20-22,32H,4-6,8-9,12-13H2,1-3H3,(H2,30,36)(H,33,37)/t17-,20?,21?,22?/m0/s1. The first kappa shape index (κ1) is 25.2. The smallest absolute Gasteiger partial charge is 0.251 e. The predicted octanol–water partition coefficient (Wildman–Crippen LogP) is 4.22. The predicted molar refractivity (Wildman–Crippen MR) is 144 cm³/mol. The van der Waals surface area contributed by atoms with Crippen molar-refractivity contribution in [3.63, 3.8) is 0 Å². The van der Waals surface area contributed by atoms with E-state index in [1.54, 1.807) is 18.3 Å². The Kier molecular flexibility index (Phi) is 6.92. The number of nitrogens with one attached hydrogen (secondary N) is 2. The second-order valence-corrected chi connectivity index (χ2v) is 11.0. The number of piperidine rings is 1.